The Morgan fingerprint density at radius 3 is 2.78 bits per heavy atom. The zero-order chi connectivity index (χ0) is 12.6. The van der Waals surface area contributed by atoms with Crippen molar-refractivity contribution in [1.82, 2.24) is 9.55 Å². The van der Waals surface area contributed by atoms with E-state index in [2.05, 4.69) is 34.8 Å². The number of aryl methyl sites for hydroxylation is 1. The summed E-state index contributed by atoms with van der Waals surface area (Å²) < 4.78 is 2.09. The summed E-state index contributed by atoms with van der Waals surface area (Å²) >= 11 is 0. The number of aromatic nitrogens is 2. The van der Waals surface area contributed by atoms with Crippen molar-refractivity contribution in [2.45, 2.75) is 37.5 Å². The third-order valence-corrected chi connectivity index (χ3v) is 4.54. The van der Waals surface area contributed by atoms with Crippen molar-refractivity contribution >= 4 is 11.0 Å². The zero-order valence-corrected chi connectivity index (χ0v) is 11.0. The molecule has 3 heteroatoms. The molecular formula is C15H21N3. The summed E-state index contributed by atoms with van der Waals surface area (Å²) in [4.78, 5) is 4.38. The Morgan fingerprint density at radius 1 is 1.28 bits per heavy atom. The largest absolute Gasteiger partial charge is 0.334 e. The topological polar surface area (TPSA) is 43.8 Å². The lowest BCUT2D eigenvalue weighted by Crippen LogP contribution is -2.37. The Morgan fingerprint density at radius 2 is 2.06 bits per heavy atom. The molecule has 1 aliphatic carbocycles. The van der Waals surface area contributed by atoms with E-state index >= 15 is 0 Å². The molecule has 0 radical (unpaired) electrons. The van der Waals surface area contributed by atoms with Crippen LogP contribution in [0.3, 0.4) is 0 Å². The second-order valence-corrected chi connectivity index (χ2v) is 5.60. The van der Waals surface area contributed by atoms with Crippen LogP contribution in [-0.2, 0) is 12.5 Å². The number of hydrogen-bond acceptors (Lipinski definition) is 2. The summed E-state index contributed by atoms with van der Waals surface area (Å²) in [5, 5.41) is 0. The summed E-state index contributed by atoms with van der Waals surface area (Å²) in [5.74, 6) is 0. The van der Waals surface area contributed by atoms with Gasteiger partial charge in [0.05, 0.1) is 17.4 Å². The van der Waals surface area contributed by atoms with Gasteiger partial charge in [-0.15, -0.1) is 0 Å². The molecule has 0 saturated heterocycles. The predicted molar refractivity (Wildman–Crippen MR) is 74.5 cm³/mol. The van der Waals surface area contributed by atoms with Crippen LogP contribution in [0.15, 0.2) is 24.5 Å². The van der Waals surface area contributed by atoms with Gasteiger partial charge in [-0.3, -0.25) is 0 Å². The number of hydrogen-bond donors (Lipinski definition) is 1. The van der Waals surface area contributed by atoms with E-state index < -0.39 is 0 Å². The van der Waals surface area contributed by atoms with Gasteiger partial charge >= 0.3 is 0 Å². The highest BCUT2D eigenvalue weighted by Crippen LogP contribution is 2.39. The first kappa shape index (κ1) is 11.7. The van der Waals surface area contributed by atoms with Crippen LogP contribution >= 0.6 is 0 Å². The Hall–Kier alpha value is -1.35. The standard InChI is InChI=1S/C15H21N3/c1-18-11-17-13-6-5-12(9-14(13)18)15(10-16)7-3-2-4-8-15/h5-6,9,11H,2-4,7-8,10,16H2,1H3. The molecule has 1 aromatic heterocycles. The lowest BCUT2D eigenvalue weighted by atomic mass is 9.69. The number of nitrogens with zero attached hydrogens (tertiary/aromatic N) is 2. The minimum atomic E-state index is 0.205. The molecule has 1 heterocycles. The first-order valence-electron chi connectivity index (χ1n) is 6.87. The van der Waals surface area contributed by atoms with E-state index in [-0.39, 0.29) is 5.41 Å². The number of rotatable bonds is 2. The van der Waals surface area contributed by atoms with E-state index in [0.29, 0.717) is 0 Å². The van der Waals surface area contributed by atoms with E-state index in [1.807, 2.05) is 6.33 Å². The van der Waals surface area contributed by atoms with Gasteiger partial charge in [0, 0.05) is 19.0 Å². The molecule has 0 unspecified atom stereocenters. The van der Waals surface area contributed by atoms with Crippen molar-refractivity contribution in [3.63, 3.8) is 0 Å². The third kappa shape index (κ3) is 1.74. The van der Waals surface area contributed by atoms with E-state index in [9.17, 15) is 0 Å². The van der Waals surface area contributed by atoms with Gasteiger partial charge in [-0.05, 0) is 30.5 Å². The Balaban J connectivity index is 2.08. The minimum absolute atomic E-state index is 0.205. The van der Waals surface area contributed by atoms with E-state index in [0.717, 1.165) is 12.1 Å². The number of imidazole rings is 1. The number of nitrogens with two attached hydrogens (primary N) is 1. The van der Waals surface area contributed by atoms with Gasteiger partial charge in [0.25, 0.3) is 0 Å². The molecule has 0 atom stereocenters. The number of benzene rings is 1. The zero-order valence-electron chi connectivity index (χ0n) is 11.0. The van der Waals surface area contributed by atoms with Crippen molar-refractivity contribution in [2.75, 3.05) is 6.54 Å². The maximum absolute atomic E-state index is 6.11. The first-order chi connectivity index (χ1) is 8.75. The van der Waals surface area contributed by atoms with E-state index in [1.165, 1.54) is 43.2 Å². The van der Waals surface area contributed by atoms with Gasteiger partial charge in [-0.1, -0.05) is 25.3 Å². The molecule has 3 rings (SSSR count). The first-order valence-corrected chi connectivity index (χ1v) is 6.87. The van der Waals surface area contributed by atoms with Gasteiger partial charge in [0.2, 0.25) is 0 Å². The highest BCUT2D eigenvalue weighted by Gasteiger charge is 2.32. The molecular weight excluding hydrogens is 222 g/mol. The molecule has 0 bridgehead atoms. The van der Waals surface area contributed by atoms with Crippen LogP contribution in [0.2, 0.25) is 0 Å². The van der Waals surface area contributed by atoms with Gasteiger partial charge in [-0.25, -0.2) is 4.98 Å². The maximum Gasteiger partial charge on any atom is 0.0955 e. The molecule has 3 nitrogen and oxygen atoms in total. The minimum Gasteiger partial charge on any atom is -0.334 e. The van der Waals surface area contributed by atoms with Gasteiger partial charge < -0.3 is 10.3 Å². The summed E-state index contributed by atoms with van der Waals surface area (Å²) in [5.41, 5.74) is 10.0. The lowest BCUT2D eigenvalue weighted by molar-refractivity contribution is 0.301. The molecule has 0 amide bonds. The van der Waals surface area contributed by atoms with E-state index in [1.54, 1.807) is 0 Å². The maximum atomic E-state index is 6.11. The quantitative estimate of drug-likeness (QED) is 0.881. The van der Waals surface area contributed by atoms with Crippen molar-refractivity contribution < 1.29 is 0 Å². The van der Waals surface area contributed by atoms with E-state index in [4.69, 9.17) is 5.73 Å². The smallest absolute Gasteiger partial charge is 0.0955 e. The molecule has 1 saturated carbocycles. The molecule has 2 N–H and O–H groups in total. The molecule has 96 valence electrons. The Kier molecular flexibility index (Phi) is 2.86. The SMILES string of the molecule is Cn1cnc2ccc(C3(CN)CCCCC3)cc21. The van der Waals surface area contributed by atoms with Crippen LogP contribution in [0.25, 0.3) is 11.0 Å². The fourth-order valence-electron chi connectivity index (χ4n) is 3.30. The van der Waals surface area contributed by atoms with Gasteiger partial charge in [0.15, 0.2) is 0 Å². The van der Waals surface area contributed by atoms with Crippen molar-refractivity contribution in [3.05, 3.63) is 30.1 Å². The van der Waals surface area contributed by atoms with Crippen LogP contribution in [0.1, 0.15) is 37.7 Å². The molecule has 2 aromatic rings. The summed E-state index contributed by atoms with van der Waals surface area (Å²) in [6.07, 6.45) is 8.31. The highest BCUT2D eigenvalue weighted by molar-refractivity contribution is 5.76. The summed E-state index contributed by atoms with van der Waals surface area (Å²) in [7, 11) is 2.05. The normalized spacial score (nSPS) is 19.2. The second-order valence-electron chi connectivity index (χ2n) is 5.60. The van der Waals surface area contributed by atoms with Crippen LogP contribution in [0.5, 0.6) is 0 Å². The van der Waals surface area contributed by atoms with Crippen molar-refractivity contribution in [1.29, 1.82) is 0 Å². The van der Waals surface area contributed by atoms with Crippen LogP contribution in [0.4, 0.5) is 0 Å². The third-order valence-electron chi connectivity index (χ3n) is 4.54. The number of fused-ring (bicyclic) bond motifs is 1. The van der Waals surface area contributed by atoms with Crippen molar-refractivity contribution in [3.8, 4) is 0 Å². The van der Waals surface area contributed by atoms with Crippen LogP contribution in [0, 0.1) is 0 Å². The summed E-state index contributed by atoms with van der Waals surface area (Å²) in [6.45, 7) is 0.760. The van der Waals surface area contributed by atoms with Gasteiger partial charge in [-0.2, -0.15) is 0 Å². The Bertz CT molecular complexity index is 550. The summed E-state index contributed by atoms with van der Waals surface area (Å²) in [6, 6.07) is 6.66. The molecule has 1 fully saturated rings. The van der Waals surface area contributed by atoms with Crippen molar-refractivity contribution in [2.24, 2.45) is 12.8 Å². The monoisotopic (exact) mass is 243 g/mol. The lowest BCUT2D eigenvalue weighted by Gasteiger charge is -2.36. The Labute approximate surface area is 108 Å². The fraction of sp³-hybridized carbons (Fsp3) is 0.533. The molecule has 1 aromatic carbocycles. The predicted octanol–water partition coefficient (Wildman–Crippen LogP) is 2.73. The fourth-order valence-corrected chi connectivity index (χ4v) is 3.30. The van der Waals surface area contributed by atoms with Crippen LogP contribution in [-0.4, -0.2) is 16.1 Å². The average Bonchev–Trinajstić information content (AvgIpc) is 2.81. The highest BCUT2D eigenvalue weighted by atomic mass is 15.0. The van der Waals surface area contributed by atoms with Crippen LogP contribution < -0.4 is 5.73 Å². The molecule has 0 aliphatic heterocycles. The molecule has 1 aliphatic rings. The second kappa shape index (κ2) is 4.39. The average molecular weight is 243 g/mol. The molecule has 18 heavy (non-hydrogen) atoms. The van der Waals surface area contributed by atoms with Gasteiger partial charge in [0.1, 0.15) is 0 Å². The molecule has 0 spiro atoms.